The van der Waals surface area contributed by atoms with Gasteiger partial charge in [0.25, 0.3) is 0 Å². The summed E-state index contributed by atoms with van der Waals surface area (Å²) < 4.78 is 0. The van der Waals surface area contributed by atoms with Crippen LogP contribution < -0.4 is 0 Å². The Morgan fingerprint density at radius 3 is 2.45 bits per heavy atom. The molecule has 0 aromatic heterocycles. The lowest BCUT2D eigenvalue weighted by Gasteiger charge is -2.08. The molecule has 3 aromatic carbocycles. The van der Waals surface area contributed by atoms with Gasteiger partial charge in [0.2, 0.25) is 0 Å². The molecule has 0 atom stereocenters. The van der Waals surface area contributed by atoms with E-state index in [4.69, 9.17) is 16.7 Å². The summed E-state index contributed by atoms with van der Waals surface area (Å²) in [6.45, 7) is 0. The third-order valence-corrected chi connectivity index (χ3v) is 3.61. The highest BCUT2D eigenvalue weighted by molar-refractivity contribution is 6.33. The van der Waals surface area contributed by atoms with Gasteiger partial charge in [-0.25, -0.2) is 4.79 Å². The van der Waals surface area contributed by atoms with Crippen molar-refractivity contribution >= 4 is 28.3 Å². The monoisotopic (exact) mass is 282 g/mol. The first-order valence-electron chi connectivity index (χ1n) is 6.18. The average Bonchev–Trinajstić information content (AvgIpc) is 2.46. The third kappa shape index (κ3) is 2.15. The molecule has 0 spiro atoms. The first-order valence-corrected chi connectivity index (χ1v) is 6.55. The van der Waals surface area contributed by atoms with E-state index in [-0.39, 0.29) is 10.6 Å². The van der Waals surface area contributed by atoms with Crippen molar-refractivity contribution in [3.8, 4) is 11.1 Å². The summed E-state index contributed by atoms with van der Waals surface area (Å²) in [5.74, 6) is -1.01. The Balaban J connectivity index is 2.21. The lowest BCUT2D eigenvalue weighted by Crippen LogP contribution is -1.97. The quantitative estimate of drug-likeness (QED) is 0.729. The second kappa shape index (κ2) is 4.99. The molecule has 0 amide bonds. The summed E-state index contributed by atoms with van der Waals surface area (Å²) in [7, 11) is 0. The van der Waals surface area contributed by atoms with E-state index in [9.17, 15) is 4.79 Å². The summed E-state index contributed by atoms with van der Waals surface area (Å²) in [5.41, 5.74) is 2.08. The molecule has 2 nitrogen and oxygen atoms in total. The Morgan fingerprint density at radius 2 is 1.70 bits per heavy atom. The van der Waals surface area contributed by atoms with Crippen molar-refractivity contribution in [2.75, 3.05) is 0 Å². The minimum Gasteiger partial charge on any atom is -0.478 e. The SMILES string of the molecule is O=C(O)c1ccc(-c2cccc3ccccc23)cc1Cl. The molecule has 3 aromatic rings. The number of carboxylic acid groups (broad SMARTS) is 1. The Hall–Kier alpha value is -2.32. The van der Waals surface area contributed by atoms with Gasteiger partial charge in [0.1, 0.15) is 0 Å². The van der Waals surface area contributed by atoms with E-state index >= 15 is 0 Å². The summed E-state index contributed by atoms with van der Waals surface area (Å²) in [5, 5.41) is 11.5. The van der Waals surface area contributed by atoms with Crippen molar-refractivity contribution in [1.29, 1.82) is 0 Å². The smallest absolute Gasteiger partial charge is 0.337 e. The normalized spacial score (nSPS) is 10.7. The topological polar surface area (TPSA) is 37.3 Å². The molecule has 1 N–H and O–H groups in total. The molecule has 0 heterocycles. The van der Waals surface area contributed by atoms with Crippen LogP contribution in [0.15, 0.2) is 60.7 Å². The van der Waals surface area contributed by atoms with Crippen LogP contribution in [0.5, 0.6) is 0 Å². The maximum atomic E-state index is 11.0. The number of halogens is 1. The summed E-state index contributed by atoms with van der Waals surface area (Å²) in [6, 6.07) is 19.1. The number of fused-ring (bicyclic) bond motifs is 1. The van der Waals surface area contributed by atoms with Gasteiger partial charge in [0, 0.05) is 0 Å². The van der Waals surface area contributed by atoms with Crippen molar-refractivity contribution in [1.82, 2.24) is 0 Å². The molecule has 0 radical (unpaired) electrons. The molecule has 0 saturated carbocycles. The number of hydrogen-bond donors (Lipinski definition) is 1. The van der Waals surface area contributed by atoms with Crippen LogP contribution in [-0.4, -0.2) is 11.1 Å². The Labute approximate surface area is 121 Å². The molecular weight excluding hydrogens is 272 g/mol. The molecule has 0 aliphatic rings. The van der Waals surface area contributed by atoms with E-state index in [0.29, 0.717) is 0 Å². The molecule has 3 heteroatoms. The van der Waals surface area contributed by atoms with Gasteiger partial charge < -0.3 is 5.11 Å². The van der Waals surface area contributed by atoms with E-state index in [1.54, 1.807) is 18.2 Å². The fraction of sp³-hybridized carbons (Fsp3) is 0. The highest BCUT2D eigenvalue weighted by Gasteiger charge is 2.10. The third-order valence-electron chi connectivity index (χ3n) is 3.30. The van der Waals surface area contributed by atoms with E-state index in [0.717, 1.165) is 21.9 Å². The summed E-state index contributed by atoms with van der Waals surface area (Å²) in [4.78, 5) is 11.0. The molecule has 0 aliphatic carbocycles. The van der Waals surface area contributed by atoms with Gasteiger partial charge in [-0.1, -0.05) is 60.1 Å². The van der Waals surface area contributed by atoms with Crippen LogP contribution in [0.4, 0.5) is 0 Å². The van der Waals surface area contributed by atoms with Gasteiger partial charge in [-0.05, 0) is 34.0 Å². The predicted molar refractivity (Wildman–Crippen MR) is 81.4 cm³/mol. The first-order chi connectivity index (χ1) is 9.66. The molecular formula is C17H11ClO2. The zero-order valence-electron chi connectivity index (χ0n) is 10.5. The second-order valence-electron chi connectivity index (χ2n) is 4.53. The van der Waals surface area contributed by atoms with Crippen molar-refractivity contribution < 1.29 is 9.90 Å². The number of carbonyl (C=O) groups is 1. The van der Waals surface area contributed by atoms with Crippen LogP contribution in [-0.2, 0) is 0 Å². The van der Waals surface area contributed by atoms with E-state index in [2.05, 4.69) is 0 Å². The van der Waals surface area contributed by atoms with Gasteiger partial charge in [-0.2, -0.15) is 0 Å². The molecule has 0 fully saturated rings. The largest absolute Gasteiger partial charge is 0.478 e. The number of hydrogen-bond acceptors (Lipinski definition) is 1. The van der Waals surface area contributed by atoms with Crippen molar-refractivity contribution in [3.63, 3.8) is 0 Å². The molecule has 0 aliphatic heterocycles. The molecule has 0 unspecified atom stereocenters. The Kier molecular flexibility index (Phi) is 3.17. The zero-order valence-corrected chi connectivity index (χ0v) is 11.3. The molecule has 0 bridgehead atoms. The van der Waals surface area contributed by atoms with Gasteiger partial charge in [0.15, 0.2) is 0 Å². The van der Waals surface area contributed by atoms with Crippen molar-refractivity contribution in [2.24, 2.45) is 0 Å². The minimum absolute atomic E-state index is 0.121. The number of rotatable bonds is 2. The average molecular weight is 283 g/mol. The maximum absolute atomic E-state index is 11.0. The van der Waals surface area contributed by atoms with Gasteiger partial charge >= 0.3 is 5.97 Å². The lowest BCUT2D eigenvalue weighted by molar-refractivity contribution is 0.0697. The van der Waals surface area contributed by atoms with Crippen LogP contribution in [0.2, 0.25) is 5.02 Å². The highest BCUT2D eigenvalue weighted by atomic mass is 35.5. The van der Waals surface area contributed by atoms with Crippen LogP contribution >= 0.6 is 11.6 Å². The molecule has 0 saturated heterocycles. The molecule has 3 rings (SSSR count). The fourth-order valence-corrected chi connectivity index (χ4v) is 2.59. The van der Waals surface area contributed by atoms with E-state index < -0.39 is 5.97 Å². The van der Waals surface area contributed by atoms with Gasteiger partial charge in [-0.15, -0.1) is 0 Å². The van der Waals surface area contributed by atoms with Gasteiger partial charge in [0.05, 0.1) is 10.6 Å². The molecule has 20 heavy (non-hydrogen) atoms. The van der Waals surface area contributed by atoms with Crippen LogP contribution in [0.1, 0.15) is 10.4 Å². The fourth-order valence-electron chi connectivity index (χ4n) is 2.33. The lowest BCUT2D eigenvalue weighted by atomic mass is 9.97. The predicted octanol–water partition coefficient (Wildman–Crippen LogP) is 4.86. The van der Waals surface area contributed by atoms with Crippen LogP contribution in [0, 0.1) is 0 Å². The van der Waals surface area contributed by atoms with Gasteiger partial charge in [-0.3, -0.25) is 0 Å². The Bertz CT molecular complexity index is 804. The van der Waals surface area contributed by atoms with Crippen LogP contribution in [0.3, 0.4) is 0 Å². The summed E-state index contributed by atoms with van der Waals surface area (Å²) in [6.07, 6.45) is 0. The highest BCUT2D eigenvalue weighted by Crippen LogP contribution is 2.31. The summed E-state index contributed by atoms with van der Waals surface area (Å²) >= 11 is 6.04. The van der Waals surface area contributed by atoms with Crippen LogP contribution in [0.25, 0.3) is 21.9 Å². The number of aromatic carboxylic acids is 1. The first kappa shape index (κ1) is 12.7. The van der Waals surface area contributed by atoms with E-state index in [1.807, 2.05) is 42.5 Å². The Morgan fingerprint density at radius 1 is 0.950 bits per heavy atom. The van der Waals surface area contributed by atoms with Crippen molar-refractivity contribution in [3.05, 3.63) is 71.2 Å². The standard InChI is InChI=1S/C17H11ClO2/c18-16-10-12(8-9-15(16)17(19)20)14-7-3-5-11-4-1-2-6-13(11)14/h1-10H,(H,19,20). The second-order valence-corrected chi connectivity index (χ2v) is 4.93. The van der Waals surface area contributed by atoms with E-state index in [1.165, 1.54) is 0 Å². The maximum Gasteiger partial charge on any atom is 0.337 e. The number of benzene rings is 3. The number of carboxylic acids is 1. The minimum atomic E-state index is -1.01. The molecule has 98 valence electrons. The zero-order chi connectivity index (χ0) is 14.1. The van der Waals surface area contributed by atoms with Crippen molar-refractivity contribution in [2.45, 2.75) is 0 Å².